The van der Waals surface area contributed by atoms with Crippen LogP contribution >= 0.6 is 0 Å². The Morgan fingerprint density at radius 3 is 2.89 bits per heavy atom. The molecule has 0 spiro atoms. The van der Waals surface area contributed by atoms with Gasteiger partial charge >= 0.3 is 5.97 Å². The molecule has 2 N–H and O–H groups in total. The molecule has 2 aromatic rings. The van der Waals surface area contributed by atoms with Crippen LogP contribution in [-0.2, 0) is 4.74 Å². The Bertz CT molecular complexity index is 596. The molecule has 0 radical (unpaired) electrons. The molecule has 5 nitrogen and oxygen atoms in total. The molecule has 0 unspecified atom stereocenters. The van der Waals surface area contributed by atoms with Gasteiger partial charge in [0.15, 0.2) is 0 Å². The van der Waals surface area contributed by atoms with Crippen molar-refractivity contribution in [3.63, 3.8) is 0 Å². The SMILES string of the molecule is CCOc1ccc2ncc(C(=O)OC)c(N)c2c1. The minimum absolute atomic E-state index is 0.263. The van der Waals surface area contributed by atoms with E-state index in [-0.39, 0.29) is 5.56 Å². The summed E-state index contributed by atoms with van der Waals surface area (Å²) in [6, 6.07) is 5.39. The maximum absolute atomic E-state index is 11.5. The van der Waals surface area contributed by atoms with Crippen molar-refractivity contribution >= 4 is 22.6 Å². The molecular weight excluding hydrogens is 232 g/mol. The minimum atomic E-state index is -0.497. The molecule has 5 heteroatoms. The fourth-order valence-corrected chi connectivity index (χ4v) is 1.72. The second kappa shape index (κ2) is 4.91. The van der Waals surface area contributed by atoms with E-state index in [0.717, 1.165) is 0 Å². The van der Waals surface area contributed by atoms with Crippen LogP contribution in [-0.4, -0.2) is 24.7 Å². The van der Waals surface area contributed by atoms with Crippen LogP contribution in [0.15, 0.2) is 24.4 Å². The molecule has 18 heavy (non-hydrogen) atoms. The molecule has 0 saturated carbocycles. The monoisotopic (exact) mass is 246 g/mol. The van der Waals surface area contributed by atoms with Crippen LogP contribution in [0.5, 0.6) is 5.75 Å². The van der Waals surface area contributed by atoms with Crippen LogP contribution in [0.4, 0.5) is 5.69 Å². The molecule has 0 amide bonds. The van der Waals surface area contributed by atoms with Gasteiger partial charge in [0.05, 0.1) is 24.9 Å². The van der Waals surface area contributed by atoms with Gasteiger partial charge in [-0.2, -0.15) is 0 Å². The molecule has 2 rings (SSSR count). The first-order valence-corrected chi connectivity index (χ1v) is 5.56. The number of carbonyl (C=O) groups excluding carboxylic acids is 1. The molecule has 0 saturated heterocycles. The van der Waals surface area contributed by atoms with Gasteiger partial charge in [0.2, 0.25) is 0 Å². The number of rotatable bonds is 3. The van der Waals surface area contributed by atoms with Gasteiger partial charge in [-0.3, -0.25) is 4.98 Å². The smallest absolute Gasteiger partial charge is 0.341 e. The molecule has 1 heterocycles. The van der Waals surface area contributed by atoms with Crippen LogP contribution < -0.4 is 10.5 Å². The Hall–Kier alpha value is -2.30. The zero-order valence-corrected chi connectivity index (χ0v) is 10.3. The fourth-order valence-electron chi connectivity index (χ4n) is 1.72. The van der Waals surface area contributed by atoms with E-state index in [0.29, 0.717) is 28.9 Å². The number of fused-ring (bicyclic) bond motifs is 1. The average molecular weight is 246 g/mol. The molecule has 0 aliphatic rings. The first-order chi connectivity index (χ1) is 8.67. The quantitative estimate of drug-likeness (QED) is 0.838. The first kappa shape index (κ1) is 12.2. The van der Waals surface area contributed by atoms with Gasteiger partial charge in [-0.25, -0.2) is 4.79 Å². The standard InChI is InChI=1S/C13H14N2O3/c1-3-18-8-4-5-11-9(6-8)12(14)10(7-15-11)13(16)17-2/h4-7H,3H2,1-2H3,(H2,14,15). The second-order valence-corrected chi connectivity index (χ2v) is 3.69. The number of nitrogens with zero attached hydrogens (tertiary/aromatic N) is 1. The van der Waals surface area contributed by atoms with Gasteiger partial charge in [-0.15, -0.1) is 0 Å². The van der Waals surface area contributed by atoms with E-state index in [1.807, 2.05) is 13.0 Å². The number of benzene rings is 1. The summed E-state index contributed by atoms with van der Waals surface area (Å²) in [6.07, 6.45) is 1.42. The molecule has 0 aliphatic heterocycles. The molecule has 0 aliphatic carbocycles. The third kappa shape index (κ3) is 2.07. The highest BCUT2D eigenvalue weighted by molar-refractivity contribution is 6.04. The van der Waals surface area contributed by atoms with Crippen LogP contribution in [0.2, 0.25) is 0 Å². The van der Waals surface area contributed by atoms with E-state index in [1.165, 1.54) is 13.3 Å². The van der Waals surface area contributed by atoms with Crippen molar-refractivity contribution in [2.75, 3.05) is 19.5 Å². The second-order valence-electron chi connectivity index (χ2n) is 3.69. The van der Waals surface area contributed by atoms with E-state index in [4.69, 9.17) is 10.5 Å². The summed E-state index contributed by atoms with van der Waals surface area (Å²) in [6.45, 7) is 2.46. The number of nitrogens with two attached hydrogens (primary N) is 1. The van der Waals surface area contributed by atoms with Crippen molar-refractivity contribution in [1.82, 2.24) is 4.98 Å². The number of hydrogen-bond donors (Lipinski definition) is 1. The van der Waals surface area contributed by atoms with E-state index in [9.17, 15) is 4.79 Å². The summed E-state index contributed by atoms with van der Waals surface area (Å²) in [5, 5.41) is 0.684. The zero-order chi connectivity index (χ0) is 13.1. The molecule has 0 atom stereocenters. The van der Waals surface area contributed by atoms with Crippen molar-refractivity contribution in [3.8, 4) is 5.75 Å². The molecule has 1 aromatic carbocycles. The predicted molar refractivity (Wildman–Crippen MR) is 68.7 cm³/mol. The lowest BCUT2D eigenvalue weighted by Gasteiger charge is -2.09. The lowest BCUT2D eigenvalue weighted by atomic mass is 10.1. The molecular formula is C13H14N2O3. The lowest BCUT2D eigenvalue weighted by molar-refractivity contribution is 0.0601. The Morgan fingerprint density at radius 1 is 1.44 bits per heavy atom. The maximum atomic E-state index is 11.5. The van der Waals surface area contributed by atoms with E-state index in [2.05, 4.69) is 9.72 Å². The number of methoxy groups -OCH3 is 1. The van der Waals surface area contributed by atoms with E-state index >= 15 is 0 Å². The van der Waals surface area contributed by atoms with Gasteiger partial charge in [0.1, 0.15) is 11.3 Å². The molecule has 0 fully saturated rings. The number of carbonyl (C=O) groups is 1. The third-order valence-corrected chi connectivity index (χ3v) is 2.60. The zero-order valence-electron chi connectivity index (χ0n) is 10.3. The first-order valence-electron chi connectivity index (χ1n) is 5.56. The number of hydrogen-bond acceptors (Lipinski definition) is 5. The van der Waals surface area contributed by atoms with Gasteiger partial charge in [0.25, 0.3) is 0 Å². The molecule has 94 valence electrons. The van der Waals surface area contributed by atoms with Crippen molar-refractivity contribution in [2.45, 2.75) is 6.92 Å². The summed E-state index contributed by atoms with van der Waals surface area (Å²) >= 11 is 0. The van der Waals surface area contributed by atoms with Gasteiger partial charge < -0.3 is 15.2 Å². The normalized spacial score (nSPS) is 10.3. The van der Waals surface area contributed by atoms with Crippen molar-refractivity contribution in [2.24, 2.45) is 0 Å². The molecule has 1 aromatic heterocycles. The van der Waals surface area contributed by atoms with Crippen molar-refractivity contribution < 1.29 is 14.3 Å². The topological polar surface area (TPSA) is 74.4 Å². The number of nitrogen functional groups attached to an aromatic ring is 1. The Labute approximate surface area is 105 Å². The van der Waals surface area contributed by atoms with E-state index < -0.39 is 5.97 Å². The number of pyridine rings is 1. The minimum Gasteiger partial charge on any atom is -0.494 e. The Kier molecular flexibility index (Phi) is 3.32. The van der Waals surface area contributed by atoms with Gasteiger partial charge in [-0.1, -0.05) is 0 Å². The lowest BCUT2D eigenvalue weighted by Crippen LogP contribution is -2.07. The third-order valence-electron chi connectivity index (χ3n) is 2.60. The Morgan fingerprint density at radius 2 is 2.22 bits per heavy atom. The summed E-state index contributed by atoms with van der Waals surface area (Å²) < 4.78 is 10.0. The van der Waals surface area contributed by atoms with E-state index in [1.54, 1.807) is 12.1 Å². The predicted octanol–water partition coefficient (Wildman–Crippen LogP) is 2.00. The maximum Gasteiger partial charge on any atom is 0.341 e. The highest BCUT2D eigenvalue weighted by Gasteiger charge is 2.13. The van der Waals surface area contributed by atoms with Crippen LogP contribution in [0.25, 0.3) is 10.9 Å². The summed E-state index contributed by atoms with van der Waals surface area (Å²) in [5.74, 6) is 0.198. The Balaban J connectivity index is 2.60. The largest absolute Gasteiger partial charge is 0.494 e. The highest BCUT2D eigenvalue weighted by Crippen LogP contribution is 2.27. The number of anilines is 1. The number of ether oxygens (including phenoxy) is 2. The molecule has 0 bridgehead atoms. The van der Waals surface area contributed by atoms with Gasteiger partial charge in [0, 0.05) is 11.6 Å². The number of aromatic nitrogens is 1. The van der Waals surface area contributed by atoms with Crippen LogP contribution in [0.1, 0.15) is 17.3 Å². The van der Waals surface area contributed by atoms with Crippen molar-refractivity contribution in [1.29, 1.82) is 0 Å². The highest BCUT2D eigenvalue weighted by atomic mass is 16.5. The van der Waals surface area contributed by atoms with Crippen molar-refractivity contribution in [3.05, 3.63) is 30.0 Å². The van der Waals surface area contributed by atoms with Crippen LogP contribution in [0, 0.1) is 0 Å². The average Bonchev–Trinajstić information content (AvgIpc) is 2.39. The van der Waals surface area contributed by atoms with Crippen LogP contribution in [0.3, 0.4) is 0 Å². The van der Waals surface area contributed by atoms with Gasteiger partial charge in [-0.05, 0) is 25.1 Å². The summed E-state index contributed by atoms with van der Waals surface area (Å²) in [7, 11) is 1.31. The fraction of sp³-hybridized carbons (Fsp3) is 0.231. The summed E-state index contributed by atoms with van der Waals surface area (Å²) in [5.41, 5.74) is 7.29. The summed E-state index contributed by atoms with van der Waals surface area (Å²) in [4.78, 5) is 15.7. The number of esters is 1.